The van der Waals surface area contributed by atoms with Crippen molar-refractivity contribution >= 4 is 11.7 Å². The van der Waals surface area contributed by atoms with Gasteiger partial charge in [-0.1, -0.05) is 38.1 Å². The number of rotatable bonds is 6. The van der Waals surface area contributed by atoms with E-state index in [1.165, 1.54) is 18.4 Å². The highest BCUT2D eigenvalue weighted by Crippen LogP contribution is 2.41. The second kappa shape index (κ2) is 10.9. The summed E-state index contributed by atoms with van der Waals surface area (Å²) in [6.07, 6.45) is 4.48. The lowest BCUT2D eigenvalue weighted by Gasteiger charge is -2.47. The number of benzene rings is 2. The van der Waals surface area contributed by atoms with Crippen LogP contribution in [0.5, 0.6) is 5.75 Å². The summed E-state index contributed by atoms with van der Waals surface area (Å²) in [6, 6.07) is 17.5. The fraction of sp³-hybridized carbons (Fsp3) is 0.500. The van der Waals surface area contributed by atoms with Crippen molar-refractivity contribution in [3.8, 4) is 11.8 Å². The Morgan fingerprint density at radius 3 is 2.47 bits per heavy atom. The number of nitrogens with one attached hydrogen (secondary N) is 1. The topological polar surface area (TPSA) is 68.6 Å². The van der Waals surface area contributed by atoms with Crippen molar-refractivity contribution in [2.24, 2.45) is 11.3 Å². The molecule has 1 N–H and O–H groups in total. The van der Waals surface area contributed by atoms with Gasteiger partial charge in [-0.3, -0.25) is 4.90 Å². The summed E-state index contributed by atoms with van der Waals surface area (Å²) in [5.41, 5.74) is 2.85. The molecule has 180 valence electrons. The number of piperidine rings is 2. The fourth-order valence-corrected chi connectivity index (χ4v) is 5.01. The Balaban J connectivity index is 1.26. The molecule has 2 heterocycles. The lowest BCUT2D eigenvalue weighted by Crippen LogP contribution is -2.49. The number of anilines is 1. The fourth-order valence-electron chi connectivity index (χ4n) is 5.01. The first-order valence-corrected chi connectivity index (χ1v) is 12.5. The molecule has 2 amide bonds. The average Bonchev–Trinajstić information content (AvgIpc) is 2.85. The van der Waals surface area contributed by atoms with Crippen LogP contribution in [0.15, 0.2) is 48.5 Å². The van der Waals surface area contributed by atoms with Gasteiger partial charge in [0.05, 0.1) is 18.2 Å². The second-order valence-corrected chi connectivity index (χ2v) is 10.2. The summed E-state index contributed by atoms with van der Waals surface area (Å²) >= 11 is 0. The van der Waals surface area contributed by atoms with E-state index in [-0.39, 0.29) is 6.03 Å². The third-order valence-electron chi connectivity index (χ3n) is 7.21. The number of carbonyl (C=O) groups is 1. The standard InChI is InChI=1S/C28H36N4O2/c1-22(2)21-34-26-9-4-3-7-24(26)20-31-14-10-28(11-15-31)12-16-32(17-13-28)27(33)30-25-8-5-6-23(18-25)19-29/h3-9,18,22H,10-17,20-21H2,1-2H3,(H,30,33). The Morgan fingerprint density at radius 1 is 1.06 bits per heavy atom. The van der Waals surface area contributed by atoms with Gasteiger partial charge >= 0.3 is 6.03 Å². The summed E-state index contributed by atoms with van der Waals surface area (Å²) in [5.74, 6) is 1.52. The SMILES string of the molecule is CC(C)COc1ccccc1CN1CCC2(CC1)CCN(C(=O)Nc1cccc(C#N)c1)CC2. The lowest BCUT2D eigenvalue weighted by atomic mass is 9.71. The van der Waals surface area contributed by atoms with Crippen LogP contribution in [0.3, 0.4) is 0 Å². The van der Waals surface area contributed by atoms with E-state index in [0.29, 0.717) is 22.6 Å². The molecule has 2 aromatic rings. The maximum absolute atomic E-state index is 12.7. The van der Waals surface area contributed by atoms with E-state index >= 15 is 0 Å². The minimum absolute atomic E-state index is 0.0691. The molecule has 0 atom stereocenters. The molecule has 6 heteroatoms. The molecule has 0 aromatic heterocycles. The molecule has 4 rings (SSSR count). The Labute approximate surface area is 203 Å². The van der Waals surface area contributed by atoms with Crippen LogP contribution < -0.4 is 10.1 Å². The minimum Gasteiger partial charge on any atom is -0.493 e. The molecule has 0 unspecified atom stereocenters. The summed E-state index contributed by atoms with van der Waals surface area (Å²) in [7, 11) is 0. The molecule has 2 aliphatic rings. The quantitative estimate of drug-likeness (QED) is 0.618. The maximum Gasteiger partial charge on any atom is 0.321 e. The van der Waals surface area contributed by atoms with Gasteiger partial charge in [-0.05, 0) is 74.4 Å². The number of hydrogen-bond acceptors (Lipinski definition) is 4. The van der Waals surface area contributed by atoms with Gasteiger partial charge in [-0.25, -0.2) is 4.79 Å². The van der Waals surface area contributed by atoms with E-state index in [1.54, 1.807) is 18.2 Å². The number of amides is 2. The van der Waals surface area contributed by atoms with Crippen LogP contribution in [-0.2, 0) is 6.54 Å². The molecule has 0 saturated carbocycles. The number of urea groups is 1. The highest BCUT2D eigenvalue weighted by atomic mass is 16.5. The van der Waals surface area contributed by atoms with E-state index in [9.17, 15) is 4.79 Å². The molecule has 6 nitrogen and oxygen atoms in total. The van der Waals surface area contributed by atoms with Gasteiger partial charge in [0, 0.05) is 30.9 Å². The second-order valence-electron chi connectivity index (χ2n) is 10.2. The third-order valence-corrected chi connectivity index (χ3v) is 7.21. The van der Waals surface area contributed by atoms with Crippen molar-refractivity contribution in [1.82, 2.24) is 9.80 Å². The highest BCUT2D eigenvalue weighted by Gasteiger charge is 2.38. The molecule has 1 spiro atoms. The summed E-state index contributed by atoms with van der Waals surface area (Å²) < 4.78 is 6.05. The van der Waals surface area contributed by atoms with Gasteiger partial charge in [0.2, 0.25) is 0 Å². The van der Waals surface area contributed by atoms with Gasteiger partial charge in [-0.15, -0.1) is 0 Å². The number of para-hydroxylation sites is 1. The third kappa shape index (κ3) is 6.09. The van der Waals surface area contributed by atoms with Crippen molar-refractivity contribution in [3.05, 3.63) is 59.7 Å². The van der Waals surface area contributed by atoms with Crippen molar-refractivity contribution in [2.75, 3.05) is 38.1 Å². The number of hydrogen-bond donors (Lipinski definition) is 1. The number of likely N-dealkylation sites (tertiary alicyclic amines) is 2. The van der Waals surface area contributed by atoms with E-state index in [0.717, 1.165) is 57.9 Å². The molecule has 0 aliphatic carbocycles. The lowest BCUT2D eigenvalue weighted by molar-refractivity contribution is 0.0439. The first kappa shape index (κ1) is 24.1. The molecular weight excluding hydrogens is 424 g/mol. The zero-order chi connectivity index (χ0) is 24.0. The van der Waals surface area contributed by atoms with Crippen LogP contribution in [0.4, 0.5) is 10.5 Å². The van der Waals surface area contributed by atoms with Crippen molar-refractivity contribution in [3.63, 3.8) is 0 Å². The zero-order valence-corrected chi connectivity index (χ0v) is 20.4. The normalized spacial score (nSPS) is 18.0. The van der Waals surface area contributed by atoms with Crippen LogP contribution in [0.2, 0.25) is 0 Å². The smallest absolute Gasteiger partial charge is 0.321 e. The molecule has 34 heavy (non-hydrogen) atoms. The first-order valence-electron chi connectivity index (χ1n) is 12.5. The van der Waals surface area contributed by atoms with Gasteiger partial charge < -0.3 is 15.0 Å². The van der Waals surface area contributed by atoms with Crippen LogP contribution in [-0.4, -0.2) is 48.6 Å². The molecule has 2 aromatic carbocycles. The number of nitrogens with zero attached hydrogens (tertiary/aromatic N) is 3. The first-order chi connectivity index (χ1) is 16.5. The van der Waals surface area contributed by atoms with Crippen LogP contribution in [0.1, 0.15) is 50.7 Å². The maximum atomic E-state index is 12.7. The van der Waals surface area contributed by atoms with Gasteiger partial charge in [-0.2, -0.15) is 5.26 Å². The molecule has 0 radical (unpaired) electrons. The van der Waals surface area contributed by atoms with Gasteiger partial charge in [0.15, 0.2) is 0 Å². The molecule has 2 saturated heterocycles. The minimum atomic E-state index is -0.0691. The Morgan fingerprint density at radius 2 is 1.76 bits per heavy atom. The number of carbonyl (C=O) groups excluding carboxylic acids is 1. The van der Waals surface area contributed by atoms with E-state index in [4.69, 9.17) is 10.00 Å². The van der Waals surface area contributed by atoms with Gasteiger partial charge in [0.25, 0.3) is 0 Å². The Kier molecular flexibility index (Phi) is 7.74. The van der Waals surface area contributed by atoms with Crippen molar-refractivity contribution in [1.29, 1.82) is 5.26 Å². The predicted molar refractivity (Wildman–Crippen MR) is 135 cm³/mol. The zero-order valence-electron chi connectivity index (χ0n) is 20.4. The highest BCUT2D eigenvalue weighted by molar-refractivity contribution is 5.89. The van der Waals surface area contributed by atoms with Gasteiger partial charge in [0.1, 0.15) is 5.75 Å². The Hall–Kier alpha value is -3.04. The molecular formula is C28H36N4O2. The van der Waals surface area contributed by atoms with Crippen molar-refractivity contribution in [2.45, 2.75) is 46.1 Å². The monoisotopic (exact) mass is 460 g/mol. The molecule has 2 fully saturated rings. The molecule has 0 bridgehead atoms. The van der Waals surface area contributed by atoms with Crippen LogP contribution >= 0.6 is 0 Å². The predicted octanol–water partition coefficient (Wildman–Crippen LogP) is 5.50. The Bertz CT molecular complexity index is 1010. The average molecular weight is 461 g/mol. The van der Waals surface area contributed by atoms with E-state index in [2.05, 4.69) is 54.4 Å². The molecule has 2 aliphatic heterocycles. The van der Waals surface area contributed by atoms with Crippen LogP contribution in [0.25, 0.3) is 0 Å². The largest absolute Gasteiger partial charge is 0.493 e. The summed E-state index contributed by atoms with van der Waals surface area (Å²) in [4.78, 5) is 17.2. The summed E-state index contributed by atoms with van der Waals surface area (Å²) in [6.45, 7) is 9.78. The number of nitriles is 1. The summed E-state index contributed by atoms with van der Waals surface area (Å²) in [5, 5.41) is 12.0. The number of ether oxygens (including phenoxy) is 1. The van der Waals surface area contributed by atoms with E-state index < -0.39 is 0 Å². The van der Waals surface area contributed by atoms with Crippen LogP contribution in [0, 0.1) is 22.7 Å². The van der Waals surface area contributed by atoms with E-state index in [1.807, 2.05) is 11.0 Å². The van der Waals surface area contributed by atoms with Crippen molar-refractivity contribution < 1.29 is 9.53 Å².